The van der Waals surface area contributed by atoms with Gasteiger partial charge in [-0.2, -0.15) is 0 Å². The maximum Gasteiger partial charge on any atom is 0.152 e. The highest BCUT2D eigenvalue weighted by atomic mass is 16.4. The lowest BCUT2D eigenvalue weighted by atomic mass is 10.4. The summed E-state index contributed by atoms with van der Waals surface area (Å²) in [5, 5.41) is 8.65. The van der Waals surface area contributed by atoms with Crippen molar-refractivity contribution in [3.63, 3.8) is 0 Å². The highest BCUT2D eigenvalue weighted by Crippen LogP contribution is 2.16. The zero-order chi connectivity index (χ0) is 6.97. The number of aromatic amines is 1. The quantitative estimate of drug-likeness (QED) is 0.621. The third kappa shape index (κ3) is 0.642. The molecule has 2 aromatic rings. The number of H-pyrrole nitrogens is 1. The van der Waals surface area contributed by atoms with Gasteiger partial charge in [0.2, 0.25) is 0 Å². The highest BCUT2D eigenvalue weighted by Gasteiger charge is 2.00. The molecule has 0 radical (unpaired) electrons. The van der Waals surface area contributed by atoms with Crippen LogP contribution in [0.2, 0.25) is 0 Å². The lowest BCUT2D eigenvalue weighted by molar-refractivity contribution is 0.251. The number of aliphatic hydroxyl groups is 1. The van der Waals surface area contributed by atoms with Crippen LogP contribution in [0.4, 0.5) is 0 Å². The van der Waals surface area contributed by atoms with Gasteiger partial charge in [-0.15, -0.1) is 0 Å². The average molecular weight is 137 g/mol. The van der Waals surface area contributed by atoms with E-state index in [0.29, 0.717) is 5.76 Å². The van der Waals surface area contributed by atoms with Crippen molar-refractivity contribution >= 4 is 11.1 Å². The van der Waals surface area contributed by atoms with Gasteiger partial charge in [0.15, 0.2) is 5.58 Å². The lowest BCUT2D eigenvalue weighted by Crippen LogP contribution is -1.73. The Morgan fingerprint density at radius 1 is 1.60 bits per heavy atom. The Hall–Kier alpha value is -1.22. The highest BCUT2D eigenvalue weighted by molar-refractivity contribution is 5.73. The number of hydrogen-bond acceptors (Lipinski definition) is 2. The summed E-state index contributed by atoms with van der Waals surface area (Å²) in [6.45, 7) is -0.0392. The molecule has 2 N–H and O–H groups in total. The van der Waals surface area contributed by atoms with E-state index in [1.54, 1.807) is 12.3 Å². The summed E-state index contributed by atoms with van der Waals surface area (Å²) in [4.78, 5) is 2.97. The van der Waals surface area contributed by atoms with E-state index in [4.69, 9.17) is 9.52 Å². The maximum atomic E-state index is 8.65. The fraction of sp³-hybridized carbons (Fsp3) is 0.143. The van der Waals surface area contributed by atoms with Crippen LogP contribution in [0.15, 0.2) is 22.7 Å². The van der Waals surface area contributed by atoms with Crippen LogP contribution in [0.1, 0.15) is 5.76 Å². The van der Waals surface area contributed by atoms with Crippen molar-refractivity contribution in [2.24, 2.45) is 0 Å². The van der Waals surface area contributed by atoms with Crippen LogP contribution in [0.5, 0.6) is 0 Å². The molecule has 0 aliphatic heterocycles. The molecule has 0 unspecified atom stereocenters. The minimum atomic E-state index is -0.0392. The third-order valence-electron chi connectivity index (χ3n) is 1.44. The normalized spacial score (nSPS) is 10.9. The van der Waals surface area contributed by atoms with Crippen LogP contribution in [-0.4, -0.2) is 10.1 Å². The predicted molar refractivity (Wildman–Crippen MR) is 36.5 cm³/mol. The minimum absolute atomic E-state index is 0.0392. The summed E-state index contributed by atoms with van der Waals surface area (Å²) in [5.41, 5.74) is 1.73. The van der Waals surface area contributed by atoms with E-state index in [0.717, 1.165) is 11.1 Å². The summed E-state index contributed by atoms with van der Waals surface area (Å²) < 4.78 is 5.18. The Balaban J connectivity index is 2.67. The van der Waals surface area contributed by atoms with Gasteiger partial charge < -0.3 is 14.5 Å². The van der Waals surface area contributed by atoms with Crippen LogP contribution in [0.3, 0.4) is 0 Å². The monoisotopic (exact) mass is 137 g/mol. The van der Waals surface area contributed by atoms with Crippen LogP contribution < -0.4 is 0 Å². The van der Waals surface area contributed by atoms with Gasteiger partial charge in [0, 0.05) is 12.3 Å². The summed E-state index contributed by atoms with van der Waals surface area (Å²) in [7, 11) is 0. The Morgan fingerprint density at radius 2 is 2.50 bits per heavy atom. The topological polar surface area (TPSA) is 49.2 Å². The average Bonchev–Trinajstić information content (AvgIpc) is 2.42. The zero-order valence-corrected chi connectivity index (χ0v) is 5.29. The molecular weight excluding hydrogens is 130 g/mol. The molecular formula is C7H7NO2. The van der Waals surface area contributed by atoms with Gasteiger partial charge in [0.1, 0.15) is 12.4 Å². The maximum absolute atomic E-state index is 8.65. The van der Waals surface area contributed by atoms with Crippen LogP contribution in [0, 0.1) is 0 Å². The predicted octanol–water partition coefficient (Wildman–Crippen LogP) is 1.25. The summed E-state index contributed by atoms with van der Waals surface area (Å²) in [6, 6.07) is 3.61. The Labute approximate surface area is 57.3 Å². The van der Waals surface area contributed by atoms with Gasteiger partial charge in [0.25, 0.3) is 0 Å². The fourth-order valence-corrected chi connectivity index (χ4v) is 0.979. The standard InChI is InChI=1S/C7H7NO2/c9-4-5-3-6-7(10-5)1-2-8-6/h1-3,8-9H,4H2. The smallest absolute Gasteiger partial charge is 0.152 e. The number of fused-ring (bicyclic) bond motifs is 1. The summed E-state index contributed by atoms with van der Waals surface area (Å²) in [5.74, 6) is 0.599. The van der Waals surface area contributed by atoms with Crippen molar-refractivity contribution in [3.05, 3.63) is 24.1 Å². The molecule has 0 amide bonds. The number of aliphatic hydroxyl groups excluding tert-OH is 1. The SMILES string of the molecule is OCc1cc2[nH]ccc2o1. The van der Waals surface area contributed by atoms with E-state index in [1.807, 2.05) is 6.07 Å². The van der Waals surface area contributed by atoms with E-state index in [-0.39, 0.29) is 6.61 Å². The van der Waals surface area contributed by atoms with E-state index >= 15 is 0 Å². The molecule has 0 saturated carbocycles. The molecule has 0 aliphatic carbocycles. The van der Waals surface area contributed by atoms with Crippen molar-refractivity contribution in [1.82, 2.24) is 4.98 Å². The second-order valence-corrected chi connectivity index (χ2v) is 2.13. The van der Waals surface area contributed by atoms with Gasteiger partial charge in [-0.3, -0.25) is 0 Å². The van der Waals surface area contributed by atoms with Crippen LogP contribution >= 0.6 is 0 Å². The van der Waals surface area contributed by atoms with Gasteiger partial charge >= 0.3 is 0 Å². The number of hydrogen-bond donors (Lipinski definition) is 2. The molecule has 0 fully saturated rings. The van der Waals surface area contributed by atoms with Gasteiger partial charge in [0.05, 0.1) is 5.52 Å². The van der Waals surface area contributed by atoms with Crippen molar-refractivity contribution in [3.8, 4) is 0 Å². The lowest BCUT2D eigenvalue weighted by Gasteiger charge is -1.81. The van der Waals surface area contributed by atoms with Crippen LogP contribution in [0.25, 0.3) is 11.1 Å². The summed E-state index contributed by atoms with van der Waals surface area (Å²) >= 11 is 0. The van der Waals surface area contributed by atoms with Crippen molar-refractivity contribution in [2.75, 3.05) is 0 Å². The molecule has 10 heavy (non-hydrogen) atoms. The van der Waals surface area contributed by atoms with Crippen molar-refractivity contribution < 1.29 is 9.52 Å². The molecule has 0 aromatic carbocycles. The molecule has 3 heteroatoms. The van der Waals surface area contributed by atoms with Gasteiger partial charge in [-0.1, -0.05) is 0 Å². The number of furan rings is 1. The Morgan fingerprint density at radius 3 is 3.20 bits per heavy atom. The molecule has 2 rings (SSSR count). The molecule has 0 saturated heterocycles. The first kappa shape index (κ1) is 5.56. The van der Waals surface area contributed by atoms with Gasteiger partial charge in [-0.05, 0) is 6.07 Å². The molecule has 0 spiro atoms. The van der Waals surface area contributed by atoms with E-state index in [2.05, 4.69) is 4.98 Å². The third-order valence-corrected chi connectivity index (χ3v) is 1.44. The summed E-state index contributed by atoms with van der Waals surface area (Å²) in [6.07, 6.45) is 1.80. The Kier molecular flexibility index (Phi) is 1.05. The fourth-order valence-electron chi connectivity index (χ4n) is 0.979. The zero-order valence-electron chi connectivity index (χ0n) is 5.29. The molecule has 0 bridgehead atoms. The number of aromatic nitrogens is 1. The molecule has 0 atom stereocenters. The van der Waals surface area contributed by atoms with E-state index < -0.39 is 0 Å². The first-order valence-electron chi connectivity index (χ1n) is 3.07. The van der Waals surface area contributed by atoms with Crippen molar-refractivity contribution in [1.29, 1.82) is 0 Å². The number of nitrogens with one attached hydrogen (secondary N) is 1. The molecule has 2 aromatic heterocycles. The molecule has 52 valence electrons. The first-order valence-corrected chi connectivity index (χ1v) is 3.07. The van der Waals surface area contributed by atoms with E-state index in [1.165, 1.54) is 0 Å². The Bertz CT molecular complexity index is 305. The second-order valence-electron chi connectivity index (χ2n) is 2.13. The van der Waals surface area contributed by atoms with E-state index in [9.17, 15) is 0 Å². The number of rotatable bonds is 1. The van der Waals surface area contributed by atoms with Gasteiger partial charge in [-0.25, -0.2) is 0 Å². The largest absolute Gasteiger partial charge is 0.457 e. The molecule has 0 aliphatic rings. The molecule has 2 heterocycles. The minimum Gasteiger partial charge on any atom is -0.457 e. The van der Waals surface area contributed by atoms with Crippen molar-refractivity contribution in [2.45, 2.75) is 6.61 Å². The second kappa shape index (κ2) is 1.88. The van der Waals surface area contributed by atoms with Crippen LogP contribution in [-0.2, 0) is 6.61 Å². The molecule has 3 nitrogen and oxygen atoms in total. The first-order chi connectivity index (χ1) is 4.90.